The van der Waals surface area contributed by atoms with Crippen molar-refractivity contribution in [3.63, 3.8) is 0 Å². The van der Waals surface area contributed by atoms with Gasteiger partial charge in [-0.05, 0) is 30.7 Å². The Bertz CT molecular complexity index is 364. The lowest BCUT2D eigenvalue weighted by Gasteiger charge is -2.14. The Kier molecular flexibility index (Phi) is 3.92. The third-order valence-corrected chi connectivity index (χ3v) is 3.16. The van der Waals surface area contributed by atoms with E-state index < -0.39 is 0 Å². The Labute approximate surface area is 97.2 Å². The van der Waals surface area contributed by atoms with Crippen molar-refractivity contribution in [2.75, 3.05) is 0 Å². The molecule has 0 aromatic heterocycles. The molecule has 0 amide bonds. The van der Waals surface area contributed by atoms with Crippen LogP contribution in [0.2, 0.25) is 0 Å². The number of rotatable bonds is 1. The number of carbonyl (C=O) groups is 1. The average Bonchev–Trinajstić information content (AvgIpc) is 2.42. The Morgan fingerprint density at radius 3 is 2.69 bits per heavy atom. The van der Waals surface area contributed by atoms with Gasteiger partial charge in [-0.15, -0.1) is 0 Å². The molecule has 0 saturated heterocycles. The first-order valence-electron chi connectivity index (χ1n) is 6.08. The quantitative estimate of drug-likeness (QED) is 0.649. The van der Waals surface area contributed by atoms with Gasteiger partial charge < -0.3 is 0 Å². The largest absolute Gasteiger partial charge is 0.300 e. The minimum atomic E-state index is 0.378. The van der Waals surface area contributed by atoms with E-state index >= 15 is 0 Å². The summed E-state index contributed by atoms with van der Waals surface area (Å²) in [7, 11) is 0. The highest BCUT2D eigenvalue weighted by Gasteiger charge is 2.15. The van der Waals surface area contributed by atoms with E-state index in [0.717, 1.165) is 25.7 Å². The molecule has 0 heterocycles. The minimum absolute atomic E-state index is 0.378. The number of hydrogen-bond acceptors (Lipinski definition) is 1. The van der Waals surface area contributed by atoms with Crippen LogP contribution in [0, 0.1) is 0 Å². The van der Waals surface area contributed by atoms with Gasteiger partial charge in [0.15, 0.2) is 0 Å². The van der Waals surface area contributed by atoms with Gasteiger partial charge in [-0.3, -0.25) is 4.79 Å². The molecule has 0 saturated carbocycles. The predicted octanol–water partition coefficient (Wildman–Crippen LogP) is 3.86. The maximum atomic E-state index is 11.7. The SMILES string of the molecule is O=C1CCC/C=C/C[C@H](c2ccccc2)C1. The van der Waals surface area contributed by atoms with Gasteiger partial charge in [0.2, 0.25) is 0 Å². The molecule has 1 heteroatoms. The molecular formula is C15H18O. The minimum Gasteiger partial charge on any atom is -0.300 e. The summed E-state index contributed by atoms with van der Waals surface area (Å²) in [5.74, 6) is 0.792. The molecule has 1 aromatic rings. The average molecular weight is 214 g/mol. The highest BCUT2D eigenvalue weighted by atomic mass is 16.1. The Balaban J connectivity index is 2.14. The molecule has 0 aliphatic heterocycles. The fourth-order valence-electron chi connectivity index (χ4n) is 2.23. The summed E-state index contributed by atoms with van der Waals surface area (Å²) in [6, 6.07) is 10.4. The van der Waals surface area contributed by atoms with Crippen LogP contribution in [0.5, 0.6) is 0 Å². The maximum Gasteiger partial charge on any atom is 0.133 e. The van der Waals surface area contributed by atoms with Crippen LogP contribution in [-0.2, 0) is 4.79 Å². The standard InChI is InChI=1S/C15H18O/c16-15-11-7-2-1-4-10-14(12-15)13-8-5-3-6-9-13/h1,3-6,8-9,14H,2,7,10-12H2/b4-1+/t14-/m0/s1. The van der Waals surface area contributed by atoms with Gasteiger partial charge in [0.05, 0.1) is 0 Å². The highest BCUT2D eigenvalue weighted by molar-refractivity contribution is 5.79. The third-order valence-electron chi connectivity index (χ3n) is 3.16. The van der Waals surface area contributed by atoms with Crippen molar-refractivity contribution < 1.29 is 4.79 Å². The molecule has 84 valence electrons. The maximum absolute atomic E-state index is 11.7. The summed E-state index contributed by atoms with van der Waals surface area (Å²) in [6.45, 7) is 0. The fraction of sp³-hybridized carbons (Fsp3) is 0.400. The molecule has 0 N–H and O–H groups in total. The second kappa shape index (κ2) is 5.64. The summed E-state index contributed by atoms with van der Waals surface area (Å²) in [5, 5.41) is 0. The van der Waals surface area contributed by atoms with E-state index in [0.29, 0.717) is 18.1 Å². The number of carbonyl (C=O) groups excluding carboxylic acids is 1. The fourth-order valence-corrected chi connectivity index (χ4v) is 2.23. The smallest absolute Gasteiger partial charge is 0.133 e. The van der Waals surface area contributed by atoms with Crippen LogP contribution in [-0.4, -0.2) is 5.78 Å². The molecule has 1 atom stereocenters. The van der Waals surface area contributed by atoms with Crippen molar-refractivity contribution in [2.45, 2.75) is 38.0 Å². The summed E-state index contributed by atoms with van der Waals surface area (Å²) < 4.78 is 0. The van der Waals surface area contributed by atoms with Gasteiger partial charge in [0.25, 0.3) is 0 Å². The Morgan fingerprint density at radius 2 is 1.88 bits per heavy atom. The van der Waals surface area contributed by atoms with Crippen LogP contribution in [0.4, 0.5) is 0 Å². The lowest BCUT2D eigenvalue weighted by atomic mass is 9.90. The number of ketones is 1. The van der Waals surface area contributed by atoms with Gasteiger partial charge in [0, 0.05) is 12.8 Å². The number of benzene rings is 1. The van der Waals surface area contributed by atoms with Gasteiger partial charge in [-0.25, -0.2) is 0 Å². The van der Waals surface area contributed by atoms with E-state index in [1.807, 2.05) is 6.07 Å². The highest BCUT2D eigenvalue weighted by Crippen LogP contribution is 2.26. The van der Waals surface area contributed by atoms with Crippen LogP contribution in [0.3, 0.4) is 0 Å². The zero-order valence-electron chi connectivity index (χ0n) is 9.56. The zero-order chi connectivity index (χ0) is 11.2. The van der Waals surface area contributed by atoms with E-state index in [-0.39, 0.29) is 0 Å². The van der Waals surface area contributed by atoms with Crippen LogP contribution < -0.4 is 0 Å². The van der Waals surface area contributed by atoms with Crippen molar-refractivity contribution in [2.24, 2.45) is 0 Å². The third kappa shape index (κ3) is 3.06. The Morgan fingerprint density at radius 1 is 1.06 bits per heavy atom. The first kappa shape index (κ1) is 11.1. The number of allylic oxidation sites excluding steroid dienone is 2. The monoisotopic (exact) mass is 214 g/mol. The molecule has 0 spiro atoms. The molecule has 0 fully saturated rings. The van der Waals surface area contributed by atoms with E-state index in [9.17, 15) is 4.79 Å². The van der Waals surface area contributed by atoms with Crippen molar-refractivity contribution in [1.29, 1.82) is 0 Å². The number of Topliss-reactive ketones (excluding diaryl/α,β-unsaturated/α-hetero) is 1. The zero-order valence-corrected chi connectivity index (χ0v) is 9.56. The van der Waals surface area contributed by atoms with Gasteiger partial charge >= 0.3 is 0 Å². The van der Waals surface area contributed by atoms with E-state index in [4.69, 9.17) is 0 Å². The topological polar surface area (TPSA) is 17.1 Å². The van der Waals surface area contributed by atoms with Gasteiger partial charge in [0.1, 0.15) is 5.78 Å². The second-order valence-electron chi connectivity index (χ2n) is 4.45. The summed E-state index contributed by atoms with van der Waals surface area (Å²) in [5.41, 5.74) is 1.29. The molecular weight excluding hydrogens is 196 g/mol. The molecule has 16 heavy (non-hydrogen) atoms. The molecule has 0 radical (unpaired) electrons. The normalized spacial score (nSPS) is 24.2. The van der Waals surface area contributed by atoms with Crippen molar-refractivity contribution in [3.8, 4) is 0 Å². The van der Waals surface area contributed by atoms with Crippen molar-refractivity contribution in [1.82, 2.24) is 0 Å². The summed E-state index contributed by atoms with van der Waals surface area (Å²) >= 11 is 0. The first-order chi connectivity index (χ1) is 7.86. The van der Waals surface area contributed by atoms with E-state index in [1.165, 1.54) is 5.56 Å². The molecule has 1 aliphatic rings. The molecule has 1 aromatic carbocycles. The summed E-state index contributed by atoms with van der Waals surface area (Å²) in [4.78, 5) is 11.7. The van der Waals surface area contributed by atoms with E-state index in [2.05, 4.69) is 36.4 Å². The summed E-state index contributed by atoms with van der Waals surface area (Å²) in [6.07, 6.45) is 8.95. The molecule has 1 aliphatic carbocycles. The first-order valence-corrected chi connectivity index (χ1v) is 6.08. The molecule has 0 bridgehead atoms. The van der Waals surface area contributed by atoms with Gasteiger partial charge in [-0.2, -0.15) is 0 Å². The second-order valence-corrected chi connectivity index (χ2v) is 4.45. The number of hydrogen-bond donors (Lipinski definition) is 0. The Hall–Kier alpha value is -1.37. The molecule has 2 rings (SSSR count). The van der Waals surface area contributed by atoms with Crippen LogP contribution in [0.25, 0.3) is 0 Å². The van der Waals surface area contributed by atoms with Crippen molar-refractivity contribution in [3.05, 3.63) is 48.0 Å². The predicted molar refractivity (Wildman–Crippen MR) is 66.4 cm³/mol. The lowest BCUT2D eigenvalue weighted by molar-refractivity contribution is -0.119. The molecule has 1 nitrogen and oxygen atoms in total. The van der Waals surface area contributed by atoms with Crippen LogP contribution >= 0.6 is 0 Å². The lowest BCUT2D eigenvalue weighted by Crippen LogP contribution is -2.06. The van der Waals surface area contributed by atoms with Crippen LogP contribution in [0.1, 0.15) is 43.6 Å². The van der Waals surface area contributed by atoms with Crippen LogP contribution in [0.15, 0.2) is 42.5 Å². The van der Waals surface area contributed by atoms with Gasteiger partial charge in [-0.1, -0.05) is 42.5 Å². The van der Waals surface area contributed by atoms with E-state index in [1.54, 1.807) is 0 Å². The van der Waals surface area contributed by atoms with Crippen molar-refractivity contribution >= 4 is 5.78 Å². The molecule has 0 unspecified atom stereocenters.